The van der Waals surface area contributed by atoms with E-state index in [0.717, 1.165) is 11.3 Å². The Morgan fingerprint density at radius 1 is 0.964 bits per heavy atom. The van der Waals surface area contributed by atoms with Gasteiger partial charge in [-0.2, -0.15) is 0 Å². The van der Waals surface area contributed by atoms with Crippen molar-refractivity contribution >= 4 is 34.9 Å². The van der Waals surface area contributed by atoms with Crippen molar-refractivity contribution in [2.75, 3.05) is 12.5 Å². The molecule has 0 amide bonds. The molecule has 0 fully saturated rings. The molecule has 0 unspecified atom stereocenters. The zero-order valence-electron chi connectivity index (χ0n) is 15.0. The zero-order chi connectivity index (χ0) is 19.9. The monoisotopic (exact) mass is 416 g/mol. The Morgan fingerprint density at radius 2 is 1.75 bits per heavy atom. The van der Waals surface area contributed by atoms with Gasteiger partial charge in [0.2, 0.25) is 0 Å². The predicted molar refractivity (Wildman–Crippen MR) is 111 cm³/mol. The molecule has 0 aliphatic heterocycles. The Balaban J connectivity index is 1.66. The Hall–Kier alpha value is -2.73. The van der Waals surface area contributed by atoms with E-state index in [9.17, 15) is 4.79 Å². The minimum Gasteiger partial charge on any atom is -0.493 e. The van der Waals surface area contributed by atoms with Crippen LogP contribution in [0.3, 0.4) is 0 Å². The number of methoxy groups -OCH3 is 1. The normalized spacial score (nSPS) is 10.4. The van der Waals surface area contributed by atoms with Crippen molar-refractivity contribution in [2.24, 2.45) is 0 Å². The van der Waals surface area contributed by atoms with Gasteiger partial charge in [0.15, 0.2) is 11.5 Å². The van der Waals surface area contributed by atoms with Gasteiger partial charge >= 0.3 is 5.97 Å². The number of hydrogen-bond acceptors (Lipinski definition) is 5. The predicted octanol–water partition coefficient (Wildman–Crippen LogP) is 5.34. The number of nitrogens with one attached hydrogen (secondary N) is 2. The highest BCUT2D eigenvalue weighted by molar-refractivity contribution is 6.36. The molecule has 0 saturated carbocycles. The number of carbonyl (C=O) groups excluding carboxylic acids is 1. The van der Waals surface area contributed by atoms with Crippen molar-refractivity contribution in [1.29, 1.82) is 0 Å². The Kier molecular flexibility index (Phi) is 6.76. The first kappa shape index (κ1) is 20.0. The van der Waals surface area contributed by atoms with Crippen LogP contribution in [0.1, 0.15) is 15.9 Å². The fourth-order valence-electron chi connectivity index (χ4n) is 2.49. The van der Waals surface area contributed by atoms with Crippen molar-refractivity contribution in [2.45, 2.75) is 6.54 Å². The number of hydrogen-bond donors (Lipinski definition) is 2. The van der Waals surface area contributed by atoms with E-state index in [1.165, 1.54) is 19.2 Å². The smallest absolute Gasteiger partial charge is 0.345 e. The van der Waals surface area contributed by atoms with Gasteiger partial charge in [-0.05, 0) is 48.0 Å². The second-order valence-corrected chi connectivity index (χ2v) is 6.69. The van der Waals surface area contributed by atoms with E-state index in [-0.39, 0.29) is 10.6 Å². The third-order valence-electron chi connectivity index (χ3n) is 3.88. The molecule has 144 valence electrons. The number of hydrazine groups is 1. The molecule has 0 radical (unpaired) electrons. The average Bonchev–Trinajstić information content (AvgIpc) is 2.69. The van der Waals surface area contributed by atoms with Crippen molar-refractivity contribution < 1.29 is 14.3 Å². The lowest BCUT2D eigenvalue weighted by atomic mass is 10.2. The average molecular weight is 417 g/mol. The summed E-state index contributed by atoms with van der Waals surface area (Å²) in [6.45, 7) is 0.544. The molecule has 0 aromatic heterocycles. The zero-order valence-corrected chi connectivity index (χ0v) is 16.6. The molecular weight excluding hydrogens is 399 g/mol. The summed E-state index contributed by atoms with van der Waals surface area (Å²) in [5.74, 6) is 0.160. The first-order chi connectivity index (χ1) is 13.6. The van der Waals surface area contributed by atoms with Crippen LogP contribution in [0, 0.1) is 0 Å². The summed E-state index contributed by atoms with van der Waals surface area (Å²) < 4.78 is 10.8. The van der Waals surface area contributed by atoms with Crippen molar-refractivity contribution in [3.63, 3.8) is 0 Å². The second-order valence-electron chi connectivity index (χ2n) is 5.84. The molecule has 0 aliphatic carbocycles. The number of ether oxygens (including phenoxy) is 2. The fraction of sp³-hybridized carbons (Fsp3) is 0.0952. The first-order valence-electron chi connectivity index (χ1n) is 8.45. The molecule has 3 aromatic carbocycles. The van der Waals surface area contributed by atoms with E-state index in [0.29, 0.717) is 23.1 Å². The van der Waals surface area contributed by atoms with E-state index in [4.69, 9.17) is 32.7 Å². The minimum atomic E-state index is -0.586. The quantitative estimate of drug-likeness (QED) is 0.309. The number of para-hydroxylation sites is 1. The topological polar surface area (TPSA) is 59.6 Å². The number of esters is 1. The Bertz CT molecular complexity index is 965. The molecule has 7 heteroatoms. The molecule has 0 spiro atoms. The van der Waals surface area contributed by atoms with Gasteiger partial charge in [0.1, 0.15) is 0 Å². The van der Waals surface area contributed by atoms with Crippen LogP contribution >= 0.6 is 23.2 Å². The Morgan fingerprint density at radius 3 is 2.46 bits per heavy atom. The molecule has 0 bridgehead atoms. The molecule has 3 rings (SSSR count). The summed E-state index contributed by atoms with van der Waals surface area (Å²) in [6, 6.07) is 19.7. The summed E-state index contributed by atoms with van der Waals surface area (Å²) in [5, 5.41) is 0.671. The van der Waals surface area contributed by atoms with Crippen molar-refractivity contribution in [3.05, 3.63) is 87.9 Å². The van der Waals surface area contributed by atoms with E-state index >= 15 is 0 Å². The van der Waals surface area contributed by atoms with Crippen LogP contribution in [0.5, 0.6) is 11.5 Å². The Labute approximate surface area is 173 Å². The van der Waals surface area contributed by atoms with E-state index < -0.39 is 5.97 Å². The SMILES string of the molecule is COc1cc(CNNc2ccccc2)ccc1OC(=O)c1ccc(Cl)cc1Cl. The maximum absolute atomic E-state index is 12.4. The van der Waals surface area contributed by atoms with Crippen molar-refractivity contribution in [3.8, 4) is 11.5 Å². The van der Waals surface area contributed by atoms with Crippen LogP contribution < -0.4 is 20.3 Å². The number of rotatable bonds is 7. The van der Waals surface area contributed by atoms with Crippen LogP contribution in [-0.2, 0) is 6.54 Å². The lowest BCUT2D eigenvalue weighted by Crippen LogP contribution is -2.20. The molecule has 28 heavy (non-hydrogen) atoms. The second kappa shape index (κ2) is 9.46. The summed E-state index contributed by atoms with van der Waals surface area (Å²) in [5.41, 5.74) is 8.37. The van der Waals surface area contributed by atoms with Crippen LogP contribution in [0.25, 0.3) is 0 Å². The lowest BCUT2D eigenvalue weighted by molar-refractivity contribution is 0.0730. The maximum Gasteiger partial charge on any atom is 0.345 e. The maximum atomic E-state index is 12.4. The molecular formula is C21H18Cl2N2O3. The van der Waals surface area contributed by atoms with Gasteiger partial charge in [-0.15, -0.1) is 0 Å². The van der Waals surface area contributed by atoms with Crippen LogP contribution in [0.4, 0.5) is 5.69 Å². The van der Waals surface area contributed by atoms with Crippen LogP contribution in [-0.4, -0.2) is 13.1 Å². The number of anilines is 1. The molecule has 2 N–H and O–H groups in total. The molecule has 3 aromatic rings. The largest absolute Gasteiger partial charge is 0.493 e. The molecule has 5 nitrogen and oxygen atoms in total. The molecule has 0 heterocycles. The summed E-state index contributed by atoms with van der Waals surface area (Å²) in [6.07, 6.45) is 0. The molecule has 0 atom stereocenters. The number of halogens is 2. The highest BCUT2D eigenvalue weighted by Gasteiger charge is 2.16. The number of carbonyl (C=O) groups is 1. The first-order valence-corrected chi connectivity index (χ1v) is 9.20. The van der Waals surface area contributed by atoms with E-state index in [2.05, 4.69) is 10.9 Å². The molecule has 0 saturated heterocycles. The van der Waals surface area contributed by atoms with Gasteiger partial charge in [0.25, 0.3) is 0 Å². The van der Waals surface area contributed by atoms with Crippen LogP contribution in [0.15, 0.2) is 66.7 Å². The van der Waals surface area contributed by atoms with Gasteiger partial charge in [-0.25, -0.2) is 10.2 Å². The van der Waals surface area contributed by atoms with Gasteiger partial charge in [-0.1, -0.05) is 47.5 Å². The third-order valence-corrected chi connectivity index (χ3v) is 4.43. The highest BCUT2D eigenvalue weighted by Crippen LogP contribution is 2.30. The standard InChI is InChI=1S/C21H18Cl2N2O3/c1-27-20-11-14(13-24-25-16-5-3-2-4-6-16)7-10-19(20)28-21(26)17-9-8-15(22)12-18(17)23/h2-12,24-25H,13H2,1H3. The van der Waals surface area contributed by atoms with E-state index in [1.54, 1.807) is 18.2 Å². The fourth-order valence-corrected chi connectivity index (χ4v) is 2.97. The minimum absolute atomic E-state index is 0.226. The van der Waals surface area contributed by atoms with Crippen LogP contribution in [0.2, 0.25) is 10.0 Å². The van der Waals surface area contributed by atoms with Gasteiger partial charge < -0.3 is 14.9 Å². The van der Waals surface area contributed by atoms with Crippen molar-refractivity contribution in [1.82, 2.24) is 5.43 Å². The van der Waals surface area contributed by atoms with Gasteiger partial charge in [0.05, 0.1) is 17.7 Å². The lowest BCUT2D eigenvalue weighted by Gasteiger charge is -2.13. The van der Waals surface area contributed by atoms with Gasteiger partial charge in [0, 0.05) is 17.3 Å². The highest BCUT2D eigenvalue weighted by atomic mass is 35.5. The van der Waals surface area contributed by atoms with Gasteiger partial charge in [-0.3, -0.25) is 0 Å². The number of benzene rings is 3. The van der Waals surface area contributed by atoms with E-state index in [1.807, 2.05) is 36.4 Å². The summed E-state index contributed by atoms with van der Waals surface area (Å²) in [7, 11) is 1.52. The molecule has 0 aliphatic rings. The summed E-state index contributed by atoms with van der Waals surface area (Å²) in [4.78, 5) is 12.4. The summed E-state index contributed by atoms with van der Waals surface area (Å²) >= 11 is 11.9. The third kappa shape index (κ3) is 5.16.